The average Bonchev–Trinajstić information content (AvgIpc) is 2.26. The van der Waals surface area contributed by atoms with Gasteiger partial charge in [-0.15, -0.1) is 0 Å². The van der Waals surface area contributed by atoms with Gasteiger partial charge in [-0.1, -0.05) is 12.1 Å². The van der Waals surface area contributed by atoms with Crippen LogP contribution in [0.25, 0.3) is 0 Å². The molecule has 1 aromatic carbocycles. The first kappa shape index (κ1) is 11.5. The SMILES string of the molecule is CCN(CC(N)C#N)c1ccccc1F. The van der Waals surface area contributed by atoms with Gasteiger partial charge in [-0.3, -0.25) is 0 Å². The lowest BCUT2D eigenvalue weighted by Gasteiger charge is -2.24. The highest BCUT2D eigenvalue weighted by Gasteiger charge is 2.12. The molecule has 0 aliphatic rings. The van der Waals surface area contributed by atoms with Crippen molar-refractivity contribution in [2.24, 2.45) is 5.73 Å². The number of nitrogens with zero attached hydrogens (tertiary/aromatic N) is 2. The largest absolute Gasteiger partial charge is 0.367 e. The van der Waals surface area contributed by atoms with E-state index < -0.39 is 6.04 Å². The van der Waals surface area contributed by atoms with Crippen molar-refractivity contribution in [2.75, 3.05) is 18.0 Å². The molecule has 0 saturated carbocycles. The summed E-state index contributed by atoms with van der Waals surface area (Å²) in [6.07, 6.45) is 0. The van der Waals surface area contributed by atoms with Crippen molar-refractivity contribution in [1.82, 2.24) is 0 Å². The minimum absolute atomic E-state index is 0.288. The monoisotopic (exact) mass is 207 g/mol. The van der Waals surface area contributed by atoms with Crippen molar-refractivity contribution < 1.29 is 4.39 Å². The van der Waals surface area contributed by atoms with Crippen molar-refractivity contribution >= 4 is 5.69 Å². The van der Waals surface area contributed by atoms with Gasteiger partial charge in [-0.2, -0.15) is 5.26 Å². The van der Waals surface area contributed by atoms with Crippen LogP contribution in [0, 0.1) is 17.1 Å². The van der Waals surface area contributed by atoms with E-state index in [1.165, 1.54) is 6.07 Å². The van der Waals surface area contributed by atoms with Crippen molar-refractivity contribution in [3.63, 3.8) is 0 Å². The number of anilines is 1. The fourth-order valence-electron chi connectivity index (χ4n) is 1.38. The zero-order valence-corrected chi connectivity index (χ0v) is 8.65. The number of benzene rings is 1. The highest BCUT2D eigenvalue weighted by atomic mass is 19.1. The average molecular weight is 207 g/mol. The Morgan fingerprint density at radius 2 is 2.20 bits per heavy atom. The van der Waals surface area contributed by atoms with Gasteiger partial charge in [-0.05, 0) is 19.1 Å². The van der Waals surface area contributed by atoms with Crippen LogP contribution in [0.5, 0.6) is 0 Å². The first-order chi connectivity index (χ1) is 7.19. The number of halogens is 1. The number of hydrogen-bond acceptors (Lipinski definition) is 3. The third kappa shape index (κ3) is 2.93. The van der Waals surface area contributed by atoms with Crippen LogP contribution >= 0.6 is 0 Å². The van der Waals surface area contributed by atoms with Gasteiger partial charge < -0.3 is 10.6 Å². The van der Waals surface area contributed by atoms with E-state index in [1.807, 2.05) is 13.0 Å². The first-order valence-corrected chi connectivity index (χ1v) is 4.83. The predicted molar refractivity (Wildman–Crippen MR) is 57.9 cm³/mol. The number of nitrogens with two attached hydrogens (primary N) is 1. The van der Waals surface area contributed by atoms with E-state index in [2.05, 4.69) is 0 Å². The second-order valence-corrected chi connectivity index (χ2v) is 3.23. The lowest BCUT2D eigenvalue weighted by atomic mass is 10.2. The van der Waals surface area contributed by atoms with Gasteiger partial charge in [0.2, 0.25) is 0 Å². The molecule has 0 heterocycles. The van der Waals surface area contributed by atoms with Crippen molar-refractivity contribution in [3.8, 4) is 6.07 Å². The van der Waals surface area contributed by atoms with Crippen LogP contribution in [0.3, 0.4) is 0 Å². The summed E-state index contributed by atoms with van der Waals surface area (Å²) in [5, 5.41) is 8.60. The Kier molecular flexibility index (Phi) is 4.07. The van der Waals surface area contributed by atoms with Crippen molar-refractivity contribution in [3.05, 3.63) is 30.1 Å². The number of likely N-dealkylation sites (N-methyl/N-ethyl adjacent to an activating group) is 1. The molecule has 3 nitrogen and oxygen atoms in total. The zero-order chi connectivity index (χ0) is 11.3. The number of para-hydroxylation sites is 1. The maximum Gasteiger partial charge on any atom is 0.146 e. The van der Waals surface area contributed by atoms with E-state index in [-0.39, 0.29) is 5.82 Å². The van der Waals surface area contributed by atoms with E-state index in [4.69, 9.17) is 11.0 Å². The summed E-state index contributed by atoms with van der Waals surface area (Å²) in [5.74, 6) is -0.288. The summed E-state index contributed by atoms with van der Waals surface area (Å²) in [6.45, 7) is 2.86. The van der Waals surface area contributed by atoms with Gasteiger partial charge in [0, 0.05) is 13.1 Å². The van der Waals surface area contributed by atoms with E-state index in [9.17, 15) is 4.39 Å². The van der Waals surface area contributed by atoms with Gasteiger partial charge in [0.25, 0.3) is 0 Å². The predicted octanol–water partition coefficient (Wildman–Crippen LogP) is 1.50. The zero-order valence-electron chi connectivity index (χ0n) is 8.65. The highest BCUT2D eigenvalue weighted by molar-refractivity contribution is 5.47. The number of nitriles is 1. The van der Waals surface area contributed by atoms with E-state index in [1.54, 1.807) is 23.1 Å². The highest BCUT2D eigenvalue weighted by Crippen LogP contribution is 2.18. The summed E-state index contributed by atoms with van der Waals surface area (Å²) >= 11 is 0. The molecule has 4 heteroatoms. The van der Waals surface area contributed by atoms with Crippen LogP contribution in [-0.4, -0.2) is 19.1 Å². The Labute approximate surface area is 88.9 Å². The molecule has 2 N–H and O–H groups in total. The molecule has 0 aliphatic carbocycles. The molecule has 1 rings (SSSR count). The third-order valence-electron chi connectivity index (χ3n) is 2.16. The van der Waals surface area contributed by atoms with E-state index >= 15 is 0 Å². The van der Waals surface area contributed by atoms with Crippen LogP contribution in [0.4, 0.5) is 10.1 Å². The fourth-order valence-corrected chi connectivity index (χ4v) is 1.38. The number of rotatable bonds is 4. The Balaban J connectivity index is 2.84. The van der Waals surface area contributed by atoms with E-state index in [0.29, 0.717) is 18.8 Å². The van der Waals surface area contributed by atoms with Gasteiger partial charge in [0.1, 0.15) is 11.9 Å². The van der Waals surface area contributed by atoms with Crippen LogP contribution in [0.15, 0.2) is 24.3 Å². The third-order valence-corrected chi connectivity index (χ3v) is 2.16. The Hall–Kier alpha value is -1.60. The molecule has 0 bridgehead atoms. The number of hydrogen-bond donors (Lipinski definition) is 1. The molecule has 0 spiro atoms. The smallest absolute Gasteiger partial charge is 0.146 e. The van der Waals surface area contributed by atoms with E-state index in [0.717, 1.165) is 0 Å². The molecule has 1 unspecified atom stereocenters. The second-order valence-electron chi connectivity index (χ2n) is 3.23. The quantitative estimate of drug-likeness (QED) is 0.814. The summed E-state index contributed by atoms with van der Waals surface area (Å²) in [6, 6.07) is 7.82. The lowest BCUT2D eigenvalue weighted by molar-refractivity contribution is 0.614. The molecule has 1 atom stereocenters. The maximum absolute atomic E-state index is 13.4. The molecular formula is C11H14FN3. The molecule has 0 saturated heterocycles. The Bertz CT molecular complexity index is 359. The van der Waals surface area contributed by atoms with Crippen LogP contribution < -0.4 is 10.6 Å². The van der Waals surface area contributed by atoms with Gasteiger partial charge in [0.15, 0.2) is 0 Å². The van der Waals surface area contributed by atoms with Gasteiger partial charge >= 0.3 is 0 Å². The van der Waals surface area contributed by atoms with Crippen LogP contribution in [0.1, 0.15) is 6.92 Å². The first-order valence-electron chi connectivity index (χ1n) is 4.83. The second kappa shape index (κ2) is 5.32. The molecule has 0 aliphatic heterocycles. The standard InChI is InChI=1S/C11H14FN3/c1-2-15(8-9(14)7-13)11-6-4-3-5-10(11)12/h3-6,9H,2,8,14H2,1H3. The molecule has 0 radical (unpaired) electrons. The van der Waals surface area contributed by atoms with Crippen molar-refractivity contribution in [2.45, 2.75) is 13.0 Å². The molecule has 80 valence electrons. The summed E-state index contributed by atoms with van der Waals surface area (Å²) < 4.78 is 13.4. The topological polar surface area (TPSA) is 53.0 Å². The van der Waals surface area contributed by atoms with Gasteiger partial charge in [-0.25, -0.2) is 4.39 Å². The van der Waals surface area contributed by atoms with Crippen molar-refractivity contribution in [1.29, 1.82) is 5.26 Å². The van der Waals surface area contributed by atoms with Crippen LogP contribution in [-0.2, 0) is 0 Å². The molecule has 0 aromatic heterocycles. The molecular weight excluding hydrogens is 193 g/mol. The molecule has 0 fully saturated rings. The molecule has 15 heavy (non-hydrogen) atoms. The minimum atomic E-state index is -0.593. The lowest BCUT2D eigenvalue weighted by Crippen LogP contribution is -2.37. The summed E-state index contributed by atoms with van der Waals surface area (Å²) in [4.78, 5) is 1.75. The normalized spacial score (nSPS) is 11.9. The fraction of sp³-hybridized carbons (Fsp3) is 0.364. The van der Waals surface area contributed by atoms with Gasteiger partial charge in [0.05, 0.1) is 11.8 Å². The Morgan fingerprint density at radius 1 is 1.53 bits per heavy atom. The molecule has 0 amide bonds. The minimum Gasteiger partial charge on any atom is -0.367 e. The molecule has 1 aromatic rings. The maximum atomic E-state index is 13.4. The summed E-state index contributed by atoms with van der Waals surface area (Å²) in [7, 11) is 0. The summed E-state index contributed by atoms with van der Waals surface area (Å²) in [5.41, 5.74) is 6.00. The Morgan fingerprint density at radius 3 is 2.73 bits per heavy atom. The van der Waals surface area contributed by atoms with Crippen LogP contribution in [0.2, 0.25) is 0 Å².